The van der Waals surface area contributed by atoms with Crippen LogP contribution in [0.4, 0.5) is 5.82 Å². The van der Waals surface area contributed by atoms with Gasteiger partial charge < -0.3 is 5.73 Å². The number of aromatic nitrogens is 4. The molecule has 160 valence electrons. The van der Waals surface area contributed by atoms with Crippen LogP contribution in [0.2, 0.25) is 0 Å². The maximum absolute atomic E-state index is 13.2. The molecular weight excluding hydrogens is 398 g/mol. The van der Waals surface area contributed by atoms with Crippen molar-refractivity contribution in [2.24, 2.45) is 0 Å². The third-order valence-electron chi connectivity index (χ3n) is 5.42. The first kappa shape index (κ1) is 21.3. The number of rotatable bonds is 7. The molecule has 6 nitrogen and oxygen atoms in total. The summed E-state index contributed by atoms with van der Waals surface area (Å²) in [5.41, 5.74) is 12.8. The summed E-state index contributed by atoms with van der Waals surface area (Å²) in [6, 6.07) is 12.0. The van der Waals surface area contributed by atoms with Gasteiger partial charge in [0.05, 0.1) is 11.9 Å². The zero-order valence-electron chi connectivity index (χ0n) is 18.2. The minimum absolute atomic E-state index is 0.128. The number of nitrogen functional groups attached to an aromatic ring is 1. The van der Waals surface area contributed by atoms with E-state index in [1.165, 1.54) is 5.56 Å². The summed E-state index contributed by atoms with van der Waals surface area (Å²) in [5, 5.41) is 0. The molecule has 0 aliphatic carbocycles. The van der Waals surface area contributed by atoms with Crippen molar-refractivity contribution in [1.29, 1.82) is 0 Å². The molecule has 0 radical (unpaired) electrons. The molecule has 32 heavy (non-hydrogen) atoms. The van der Waals surface area contributed by atoms with Gasteiger partial charge in [-0.15, -0.1) is 0 Å². The zero-order chi connectivity index (χ0) is 22.5. The molecule has 0 spiro atoms. The molecule has 4 aromatic rings. The molecule has 4 rings (SSSR count). The monoisotopic (exact) mass is 423 g/mol. The number of aryl methyl sites for hydroxylation is 2. The van der Waals surface area contributed by atoms with E-state index in [1.54, 1.807) is 31.0 Å². The number of hydrogen-bond donors (Lipinski definition) is 1. The summed E-state index contributed by atoms with van der Waals surface area (Å²) in [4.78, 5) is 30.4. The standard InChI is InChI=1S/C26H25N5O/c1-3-4-18-5-7-19(8-6-18)23-16-30-26(27)25(31-23)24(32)13-20-15-29-12-10-22(20)21-9-11-28-14-17(21)2/h5-12,14-16H,3-4,13H2,1-2H3,(H2,27,30). The highest BCUT2D eigenvalue weighted by atomic mass is 16.1. The van der Waals surface area contributed by atoms with Crippen molar-refractivity contribution in [2.75, 3.05) is 5.73 Å². The number of nitrogens with two attached hydrogens (primary N) is 1. The van der Waals surface area contributed by atoms with E-state index in [0.29, 0.717) is 5.69 Å². The zero-order valence-corrected chi connectivity index (χ0v) is 18.2. The van der Waals surface area contributed by atoms with Crippen LogP contribution in [0.1, 0.15) is 40.5 Å². The van der Waals surface area contributed by atoms with Crippen LogP contribution in [0.25, 0.3) is 22.4 Å². The highest BCUT2D eigenvalue weighted by Crippen LogP contribution is 2.27. The van der Waals surface area contributed by atoms with Gasteiger partial charge in [0.1, 0.15) is 5.69 Å². The average Bonchev–Trinajstić information content (AvgIpc) is 2.81. The predicted molar refractivity (Wildman–Crippen MR) is 126 cm³/mol. The Bertz CT molecular complexity index is 1250. The van der Waals surface area contributed by atoms with Gasteiger partial charge in [-0.25, -0.2) is 9.97 Å². The molecule has 0 amide bonds. The number of hydrogen-bond acceptors (Lipinski definition) is 6. The van der Waals surface area contributed by atoms with Crippen LogP contribution in [-0.2, 0) is 12.8 Å². The molecule has 0 unspecified atom stereocenters. The minimum atomic E-state index is -0.194. The molecule has 0 saturated heterocycles. The van der Waals surface area contributed by atoms with E-state index < -0.39 is 0 Å². The molecule has 2 N–H and O–H groups in total. The van der Waals surface area contributed by atoms with Crippen LogP contribution < -0.4 is 5.73 Å². The molecule has 0 saturated carbocycles. The fraction of sp³-hybridized carbons (Fsp3) is 0.192. The van der Waals surface area contributed by atoms with Gasteiger partial charge in [0.2, 0.25) is 0 Å². The molecule has 3 aromatic heterocycles. The third-order valence-corrected chi connectivity index (χ3v) is 5.42. The lowest BCUT2D eigenvalue weighted by Crippen LogP contribution is -2.12. The fourth-order valence-corrected chi connectivity index (χ4v) is 3.74. The number of carbonyl (C=O) groups is 1. The maximum Gasteiger partial charge on any atom is 0.189 e. The summed E-state index contributed by atoms with van der Waals surface area (Å²) in [5.74, 6) is -0.0627. The van der Waals surface area contributed by atoms with Crippen LogP contribution in [0, 0.1) is 6.92 Å². The second-order valence-corrected chi connectivity index (χ2v) is 7.76. The quantitative estimate of drug-likeness (QED) is 0.426. The first-order valence-electron chi connectivity index (χ1n) is 10.7. The van der Waals surface area contributed by atoms with E-state index in [9.17, 15) is 4.79 Å². The van der Waals surface area contributed by atoms with E-state index in [1.807, 2.05) is 31.2 Å². The molecule has 0 aliphatic rings. The molecule has 3 heterocycles. The highest BCUT2D eigenvalue weighted by molar-refractivity contribution is 6.00. The third kappa shape index (κ3) is 4.54. The molecule has 0 aliphatic heterocycles. The van der Waals surface area contributed by atoms with Crippen LogP contribution in [0.5, 0.6) is 0 Å². The number of anilines is 1. The van der Waals surface area contributed by atoms with Gasteiger partial charge in [0.25, 0.3) is 0 Å². The summed E-state index contributed by atoms with van der Waals surface area (Å²) in [7, 11) is 0. The van der Waals surface area contributed by atoms with Crippen molar-refractivity contribution in [3.8, 4) is 22.4 Å². The summed E-state index contributed by atoms with van der Waals surface area (Å²) < 4.78 is 0. The number of ketones is 1. The SMILES string of the molecule is CCCc1ccc(-c2cnc(N)c(C(=O)Cc3cnccc3-c3ccncc3C)n2)cc1. The summed E-state index contributed by atoms with van der Waals surface area (Å²) in [6.45, 7) is 4.15. The van der Waals surface area contributed by atoms with E-state index in [0.717, 1.165) is 40.7 Å². The van der Waals surface area contributed by atoms with Gasteiger partial charge in [-0.2, -0.15) is 0 Å². The predicted octanol–water partition coefficient (Wildman–Crippen LogP) is 4.87. The number of nitrogens with zero attached hydrogens (tertiary/aromatic N) is 4. The number of carbonyl (C=O) groups excluding carboxylic acids is 1. The lowest BCUT2D eigenvalue weighted by atomic mass is 9.95. The van der Waals surface area contributed by atoms with Gasteiger partial charge in [-0.3, -0.25) is 14.8 Å². The molecule has 6 heteroatoms. The molecule has 0 bridgehead atoms. The lowest BCUT2D eigenvalue weighted by Gasteiger charge is -2.12. The van der Waals surface area contributed by atoms with Gasteiger partial charge in [-0.05, 0) is 53.3 Å². The fourth-order valence-electron chi connectivity index (χ4n) is 3.74. The van der Waals surface area contributed by atoms with E-state index >= 15 is 0 Å². The summed E-state index contributed by atoms with van der Waals surface area (Å²) >= 11 is 0. The average molecular weight is 424 g/mol. The van der Waals surface area contributed by atoms with Crippen molar-refractivity contribution < 1.29 is 4.79 Å². The molecular formula is C26H25N5O. The van der Waals surface area contributed by atoms with Gasteiger partial charge in [-0.1, -0.05) is 37.6 Å². The van der Waals surface area contributed by atoms with E-state index in [2.05, 4.69) is 39.0 Å². The molecule has 0 fully saturated rings. The largest absolute Gasteiger partial charge is 0.382 e. The van der Waals surface area contributed by atoms with Crippen molar-refractivity contribution in [3.05, 3.63) is 89.8 Å². The first-order chi connectivity index (χ1) is 15.6. The Kier molecular flexibility index (Phi) is 6.31. The first-order valence-corrected chi connectivity index (χ1v) is 10.7. The number of benzene rings is 1. The van der Waals surface area contributed by atoms with Crippen LogP contribution in [0.3, 0.4) is 0 Å². The van der Waals surface area contributed by atoms with Crippen molar-refractivity contribution in [3.63, 3.8) is 0 Å². The van der Waals surface area contributed by atoms with E-state index in [4.69, 9.17) is 5.73 Å². The van der Waals surface area contributed by atoms with Crippen molar-refractivity contribution >= 4 is 11.6 Å². The topological polar surface area (TPSA) is 94.7 Å². The smallest absolute Gasteiger partial charge is 0.189 e. The van der Waals surface area contributed by atoms with Gasteiger partial charge in [0.15, 0.2) is 11.6 Å². The normalized spacial score (nSPS) is 10.8. The Hall–Kier alpha value is -3.93. The number of Topliss-reactive ketones (excluding diaryl/α,β-unsaturated/α-hetero) is 1. The Labute approximate surface area is 187 Å². The van der Waals surface area contributed by atoms with Crippen LogP contribution in [0.15, 0.2) is 67.4 Å². The Balaban J connectivity index is 1.64. The number of pyridine rings is 2. The molecule has 1 aromatic carbocycles. The second-order valence-electron chi connectivity index (χ2n) is 7.76. The highest BCUT2D eigenvalue weighted by Gasteiger charge is 2.18. The van der Waals surface area contributed by atoms with Crippen molar-refractivity contribution in [1.82, 2.24) is 19.9 Å². The van der Waals surface area contributed by atoms with Gasteiger partial charge >= 0.3 is 0 Å². The maximum atomic E-state index is 13.2. The van der Waals surface area contributed by atoms with Crippen LogP contribution in [-0.4, -0.2) is 25.7 Å². The summed E-state index contributed by atoms with van der Waals surface area (Å²) in [6.07, 6.45) is 10.8. The molecule has 0 atom stereocenters. The Morgan fingerprint density at radius 2 is 1.66 bits per heavy atom. The lowest BCUT2D eigenvalue weighted by molar-refractivity contribution is 0.0989. The Morgan fingerprint density at radius 3 is 2.38 bits per heavy atom. The minimum Gasteiger partial charge on any atom is -0.382 e. The van der Waals surface area contributed by atoms with Crippen molar-refractivity contribution in [2.45, 2.75) is 33.1 Å². The Morgan fingerprint density at radius 1 is 0.938 bits per heavy atom. The van der Waals surface area contributed by atoms with Gasteiger partial charge in [0, 0.05) is 36.8 Å². The second kappa shape index (κ2) is 9.47. The van der Waals surface area contributed by atoms with Crippen LogP contribution >= 0.6 is 0 Å². The van der Waals surface area contributed by atoms with E-state index in [-0.39, 0.29) is 23.7 Å².